The zero-order valence-electron chi connectivity index (χ0n) is 10.0. The maximum absolute atomic E-state index is 11.5. The fourth-order valence-electron chi connectivity index (χ4n) is 1.30. The summed E-state index contributed by atoms with van der Waals surface area (Å²) in [4.78, 5) is 11.5. The normalized spacial score (nSPS) is 10.0. The number of hydrogen-bond acceptors (Lipinski definition) is 3. The molecular weight excluding hydrogens is 218 g/mol. The van der Waals surface area contributed by atoms with Crippen LogP contribution in [0.2, 0.25) is 0 Å². The molecule has 0 saturated carbocycles. The average Bonchev–Trinajstić information content (AvgIpc) is 2.32. The number of amides is 2. The lowest BCUT2D eigenvalue weighted by molar-refractivity contribution is 0.144. The fraction of sp³-hybridized carbons (Fsp3) is 0.417. The van der Waals surface area contributed by atoms with Crippen LogP contribution in [0.15, 0.2) is 24.3 Å². The number of anilines is 1. The van der Waals surface area contributed by atoms with Gasteiger partial charge in [0.05, 0.1) is 13.2 Å². The second kappa shape index (κ2) is 7.65. The van der Waals surface area contributed by atoms with Crippen molar-refractivity contribution in [2.24, 2.45) is 5.73 Å². The molecule has 2 amide bonds. The van der Waals surface area contributed by atoms with Crippen molar-refractivity contribution in [3.05, 3.63) is 29.8 Å². The van der Waals surface area contributed by atoms with E-state index in [4.69, 9.17) is 10.5 Å². The minimum atomic E-state index is -0.226. The lowest BCUT2D eigenvalue weighted by Gasteiger charge is -2.09. The van der Waals surface area contributed by atoms with E-state index in [1.807, 2.05) is 31.2 Å². The van der Waals surface area contributed by atoms with E-state index in [1.54, 1.807) is 0 Å². The summed E-state index contributed by atoms with van der Waals surface area (Å²) in [5.41, 5.74) is 7.11. The van der Waals surface area contributed by atoms with Gasteiger partial charge >= 0.3 is 6.03 Å². The van der Waals surface area contributed by atoms with E-state index < -0.39 is 0 Å². The second-order valence-electron chi connectivity index (χ2n) is 3.60. The van der Waals surface area contributed by atoms with Crippen molar-refractivity contribution in [1.82, 2.24) is 5.32 Å². The molecular formula is C12H19N3O2. The SMILES string of the molecule is Cc1ccccc1NC(=O)NCCOCCN. The molecule has 0 aromatic heterocycles. The number of hydrogen-bond donors (Lipinski definition) is 3. The molecule has 0 aliphatic heterocycles. The lowest BCUT2D eigenvalue weighted by Crippen LogP contribution is -2.32. The molecule has 0 unspecified atom stereocenters. The van der Waals surface area contributed by atoms with Gasteiger partial charge in [-0.05, 0) is 18.6 Å². The highest BCUT2D eigenvalue weighted by Gasteiger charge is 2.02. The van der Waals surface area contributed by atoms with E-state index in [0.29, 0.717) is 26.3 Å². The van der Waals surface area contributed by atoms with E-state index in [0.717, 1.165) is 11.3 Å². The molecule has 5 heteroatoms. The third-order valence-electron chi connectivity index (χ3n) is 2.19. The minimum Gasteiger partial charge on any atom is -0.378 e. The Balaban J connectivity index is 2.23. The molecule has 4 N–H and O–H groups in total. The summed E-state index contributed by atoms with van der Waals surface area (Å²) in [5, 5.41) is 5.47. The van der Waals surface area contributed by atoms with Crippen molar-refractivity contribution < 1.29 is 9.53 Å². The topological polar surface area (TPSA) is 76.4 Å². The highest BCUT2D eigenvalue weighted by Crippen LogP contribution is 2.12. The number of benzene rings is 1. The molecule has 0 bridgehead atoms. The Labute approximate surface area is 101 Å². The first-order valence-corrected chi connectivity index (χ1v) is 5.62. The average molecular weight is 237 g/mol. The van der Waals surface area contributed by atoms with Crippen molar-refractivity contribution in [3.63, 3.8) is 0 Å². The second-order valence-corrected chi connectivity index (χ2v) is 3.60. The van der Waals surface area contributed by atoms with Gasteiger partial charge in [0.15, 0.2) is 0 Å². The molecule has 1 aromatic rings. The summed E-state index contributed by atoms with van der Waals surface area (Å²) < 4.78 is 5.14. The Morgan fingerprint density at radius 2 is 2.12 bits per heavy atom. The van der Waals surface area contributed by atoms with E-state index >= 15 is 0 Å². The molecule has 1 aromatic carbocycles. The van der Waals surface area contributed by atoms with Crippen LogP contribution in [0.1, 0.15) is 5.56 Å². The van der Waals surface area contributed by atoms with Gasteiger partial charge in [0, 0.05) is 18.8 Å². The summed E-state index contributed by atoms with van der Waals surface area (Å²) in [6, 6.07) is 7.39. The Morgan fingerprint density at radius 1 is 1.35 bits per heavy atom. The third kappa shape index (κ3) is 5.33. The van der Waals surface area contributed by atoms with E-state index in [2.05, 4.69) is 10.6 Å². The smallest absolute Gasteiger partial charge is 0.319 e. The van der Waals surface area contributed by atoms with Crippen LogP contribution in [-0.2, 0) is 4.74 Å². The van der Waals surface area contributed by atoms with Crippen LogP contribution in [0, 0.1) is 6.92 Å². The van der Waals surface area contributed by atoms with Crippen LogP contribution in [-0.4, -0.2) is 32.3 Å². The van der Waals surface area contributed by atoms with Gasteiger partial charge in [-0.3, -0.25) is 0 Å². The zero-order valence-corrected chi connectivity index (χ0v) is 10.0. The molecule has 1 rings (SSSR count). The number of aryl methyl sites for hydroxylation is 1. The summed E-state index contributed by atoms with van der Waals surface area (Å²) >= 11 is 0. The first kappa shape index (κ1) is 13.5. The van der Waals surface area contributed by atoms with Crippen molar-refractivity contribution in [3.8, 4) is 0 Å². The van der Waals surface area contributed by atoms with Gasteiger partial charge in [-0.15, -0.1) is 0 Å². The largest absolute Gasteiger partial charge is 0.378 e. The van der Waals surface area contributed by atoms with Crippen LogP contribution in [0.5, 0.6) is 0 Å². The molecule has 0 atom stereocenters. The number of nitrogens with one attached hydrogen (secondary N) is 2. The van der Waals surface area contributed by atoms with E-state index in [-0.39, 0.29) is 6.03 Å². The van der Waals surface area contributed by atoms with Gasteiger partial charge in [-0.2, -0.15) is 0 Å². The number of para-hydroxylation sites is 1. The number of nitrogens with two attached hydrogens (primary N) is 1. The van der Waals surface area contributed by atoms with Crippen molar-refractivity contribution in [2.75, 3.05) is 31.6 Å². The highest BCUT2D eigenvalue weighted by molar-refractivity contribution is 5.89. The van der Waals surface area contributed by atoms with Gasteiger partial charge in [-0.1, -0.05) is 18.2 Å². The number of carbonyl (C=O) groups excluding carboxylic acids is 1. The molecule has 94 valence electrons. The van der Waals surface area contributed by atoms with E-state index in [9.17, 15) is 4.79 Å². The summed E-state index contributed by atoms with van der Waals surface area (Å²) in [6.45, 7) is 3.90. The molecule has 17 heavy (non-hydrogen) atoms. The third-order valence-corrected chi connectivity index (χ3v) is 2.19. The monoisotopic (exact) mass is 237 g/mol. The molecule has 0 fully saturated rings. The Hall–Kier alpha value is -1.59. The number of carbonyl (C=O) groups is 1. The maximum atomic E-state index is 11.5. The summed E-state index contributed by atoms with van der Waals surface area (Å²) in [6.07, 6.45) is 0. The first-order chi connectivity index (χ1) is 8.24. The molecule has 0 radical (unpaired) electrons. The highest BCUT2D eigenvalue weighted by atomic mass is 16.5. The minimum absolute atomic E-state index is 0.226. The van der Waals surface area contributed by atoms with Crippen molar-refractivity contribution in [2.45, 2.75) is 6.92 Å². The maximum Gasteiger partial charge on any atom is 0.319 e. The van der Waals surface area contributed by atoms with Crippen LogP contribution in [0.25, 0.3) is 0 Å². The summed E-state index contributed by atoms with van der Waals surface area (Å²) in [5.74, 6) is 0. The fourth-order valence-corrected chi connectivity index (χ4v) is 1.30. The van der Waals surface area contributed by atoms with Crippen LogP contribution < -0.4 is 16.4 Å². The molecule has 5 nitrogen and oxygen atoms in total. The van der Waals surface area contributed by atoms with Gasteiger partial charge in [0.1, 0.15) is 0 Å². The number of urea groups is 1. The molecule has 0 aliphatic carbocycles. The first-order valence-electron chi connectivity index (χ1n) is 5.62. The summed E-state index contributed by atoms with van der Waals surface area (Å²) in [7, 11) is 0. The van der Waals surface area contributed by atoms with Gasteiger partial charge in [0.25, 0.3) is 0 Å². The predicted octanol–water partition coefficient (Wildman–Crippen LogP) is 1.09. The van der Waals surface area contributed by atoms with Crippen LogP contribution in [0.4, 0.5) is 10.5 Å². The molecule has 0 spiro atoms. The van der Waals surface area contributed by atoms with E-state index in [1.165, 1.54) is 0 Å². The van der Waals surface area contributed by atoms with Crippen molar-refractivity contribution >= 4 is 11.7 Å². The molecule has 0 aliphatic rings. The number of rotatable bonds is 6. The van der Waals surface area contributed by atoms with Crippen LogP contribution in [0.3, 0.4) is 0 Å². The molecule has 0 saturated heterocycles. The predicted molar refractivity (Wildman–Crippen MR) is 68.1 cm³/mol. The zero-order chi connectivity index (χ0) is 12.5. The lowest BCUT2D eigenvalue weighted by atomic mass is 10.2. The Kier molecular flexibility index (Phi) is 6.06. The quantitative estimate of drug-likeness (QED) is 0.648. The van der Waals surface area contributed by atoms with Gasteiger partial charge in [0.2, 0.25) is 0 Å². The Morgan fingerprint density at radius 3 is 2.82 bits per heavy atom. The van der Waals surface area contributed by atoms with Crippen molar-refractivity contribution in [1.29, 1.82) is 0 Å². The number of ether oxygens (including phenoxy) is 1. The molecule has 0 heterocycles. The Bertz CT molecular complexity index is 355. The van der Waals surface area contributed by atoms with Crippen LogP contribution >= 0.6 is 0 Å². The van der Waals surface area contributed by atoms with Gasteiger partial charge < -0.3 is 21.1 Å². The standard InChI is InChI=1S/C12H19N3O2/c1-10-4-2-3-5-11(10)15-12(16)14-7-9-17-8-6-13/h2-5H,6-9,13H2,1H3,(H2,14,15,16). The van der Waals surface area contributed by atoms with Gasteiger partial charge in [-0.25, -0.2) is 4.79 Å².